The van der Waals surface area contributed by atoms with Crippen LogP contribution in [0.25, 0.3) is 11.3 Å². The molecule has 0 atom stereocenters. The van der Waals surface area contributed by atoms with Gasteiger partial charge in [-0.3, -0.25) is 0 Å². The van der Waals surface area contributed by atoms with E-state index in [1.807, 2.05) is 0 Å². The molecular formula is C11H8F3NO3S. The number of nitrogens with zero attached hydrogens (tertiary/aromatic N) is 1. The quantitative estimate of drug-likeness (QED) is 0.853. The largest absolute Gasteiger partial charge is 0.468 e. The summed E-state index contributed by atoms with van der Waals surface area (Å²) in [5.41, 5.74) is 0.315. The van der Waals surface area contributed by atoms with Crippen LogP contribution in [-0.2, 0) is 16.0 Å². The molecule has 0 aliphatic rings. The first-order chi connectivity index (χ1) is 8.68. The molecule has 4 nitrogen and oxygen atoms in total. The molecule has 0 aliphatic heterocycles. The summed E-state index contributed by atoms with van der Waals surface area (Å²) in [6, 6.07) is 5.30. The fourth-order valence-corrected chi connectivity index (χ4v) is 2.04. The van der Waals surface area contributed by atoms with E-state index in [2.05, 4.69) is 9.40 Å². The molecule has 0 amide bonds. The van der Waals surface area contributed by atoms with Crippen LogP contribution in [-0.4, -0.2) is 19.7 Å². The first-order valence-corrected chi connectivity index (χ1v) is 6.90. The minimum atomic E-state index is -4.65. The van der Waals surface area contributed by atoms with Crippen molar-refractivity contribution in [2.75, 3.05) is 6.26 Å². The number of hydrogen-bond acceptors (Lipinski definition) is 4. The van der Waals surface area contributed by atoms with E-state index in [-0.39, 0.29) is 10.7 Å². The number of sulfone groups is 1. The van der Waals surface area contributed by atoms with E-state index in [1.165, 1.54) is 24.3 Å². The van der Waals surface area contributed by atoms with Crippen LogP contribution in [0.4, 0.5) is 13.2 Å². The summed E-state index contributed by atoms with van der Waals surface area (Å²) in [6.07, 6.45) is -2.67. The predicted molar refractivity (Wildman–Crippen MR) is 60.1 cm³/mol. The maximum Gasteiger partial charge on any atom is 0.468 e. The lowest BCUT2D eigenvalue weighted by Crippen LogP contribution is -2.04. The maximum absolute atomic E-state index is 12.3. The Labute approximate surface area is 106 Å². The van der Waals surface area contributed by atoms with Gasteiger partial charge in [0, 0.05) is 11.8 Å². The van der Waals surface area contributed by atoms with Gasteiger partial charge in [-0.05, 0) is 24.3 Å². The first-order valence-electron chi connectivity index (χ1n) is 5.01. The summed E-state index contributed by atoms with van der Waals surface area (Å²) in [4.78, 5) is 3.20. The lowest BCUT2D eigenvalue weighted by atomic mass is 10.2. The topological polar surface area (TPSA) is 60.2 Å². The van der Waals surface area contributed by atoms with E-state index in [0.717, 1.165) is 12.5 Å². The van der Waals surface area contributed by atoms with Crippen molar-refractivity contribution >= 4 is 9.84 Å². The second-order valence-corrected chi connectivity index (χ2v) is 5.84. The van der Waals surface area contributed by atoms with Crippen molar-refractivity contribution in [3.8, 4) is 11.3 Å². The maximum atomic E-state index is 12.3. The van der Waals surface area contributed by atoms with Crippen molar-refractivity contribution in [2.45, 2.75) is 11.1 Å². The summed E-state index contributed by atoms with van der Waals surface area (Å²) >= 11 is 0. The third kappa shape index (κ3) is 2.95. The Morgan fingerprint density at radius 1 is 1.16 bits per heavy atom. The minimum Gasteiger partial charge on any atom is -0.433 e. The van der Waals surface area contributed by atoms with Crippen LogP contribution in [0.3, 0.4) is 0 Å². The van der Waals surface area contributed by atoms with Gasteiger partial charge in [0.2, 0.25) is 0 Å². The number of hydrogen-bond donors (Lipinski definition) is 0. The molecule has 0 aliphatic carbocycles. The smallest absolute Gasteiger partial charge is 0.433 e. The standard InChI is InChI=1S/C11H8F3NO3S/c1-19(16,17)8-4-2-7(3-5-8)9-6-15-10(18-9)11(12,13)14/h2-6H,1H3. The van der Waals surface area contributed by atoms with Crippen molar-refractivity contribution in [3.05, 3.63) is 36.4 Å². The summed E-state index contributed by atoms with van der Waals surface area (Å²) < 4.78 is 63.9. The Morgan fingerprint density at radius 3 is 2.16 bits per heavy atom. The van der Waals surface area contributed by atoms with Crippen molar-refractivity contribution in [1.29, 1.82) is 0 Å². The highest BCUT2D eigenvalue weighted by Crippen LogP contribution is 2.31. The van der Waals surface area contributed by atoms with Gasteiger partial charge < -0.3 is 4.42 Å². The predicted octanol–water partition coefficient (Wildman–Crippen LogP) is 2.76. The number of oxazole rings is 1. The molecule has 19 heavy (non-hydrogen) atoms. The molecule has 0 saturated carbocycles. The molecular weight excluding hydrogens is 283 g/mol. The van der Waals surface area contributed by atoms with Crippen LogP contribution in [0.5, 0.6) is 0 Å². The highest BCUT2D eigenvalue weighted by Gasteiger charge is 2.37. The zero-order chi connectivity index (χ0) is 14.3. The lowest BCUT2D eigenvalue weighted by Gasteiger charge is -2.01. The van der Waals surface area contributed by atoms with Crippen LogP contribution in [0.15, 0.2) is 39.8 Å². The molecule has 1 heterocycles. The Hall–Kier alpha value is -1.83. The minimum absolute atomic E-state index is 0.0758. The second-order valence-electron chi connectivity index (χ2n) is 3.82. The molecule has 2 rings (SSSR count). The van der Waals surface area contributed by atoms with Crippen LogP contribution in [0, 0.1) is 0 Å². The van der Waals surface area contributed by atoms with Crippen molar-refractivity contribution in [1.82, 2.24) is 4.98 Å². The number of aromatic nitrogens is 1. The van der Waals surface area contributed by atoms with Crippen LogP contribution in [0.2, 0.25) is 0 Å². The highest BCUT2D eigenvalue weighted by molar-refractivity contribution is 7.90. The van der Waals surface area contributed by atoms with Crippen LogP contribution < -0.4 is 0 Å². The van der Waals surface area contributed by atoms with E-state index >= 15 is 0 Å². The van der Waals surface area contributed by atoms with Gasteiger partial charge in [0.1, 0.15) is 0 Å². The van der Waals surface area contributed by atoms with E-state index < -0.39 is 21.9 Å². The molecule has 1 aromatic heterocycles. The van der Waals surface area contributed by atoms with E-state index in [1.54, 1.807) is 0 Å². The molecule has 0 fully saturated rings. The van der Waals surface area contributed by atoms with Gasteiger partial charge in [0.05, 0.1) is 11.1 Å². The SMILES string of the molecule is CS(=O)(=O)c1ccc(-c2cnc(C(F)(F)F)o2)cc1. The summed E-state index contributed by atoms with van der Waals surface area (Å²) in [7, 11) is -3.35. The molecule has 102 valence electrons. The lowest BCUT2D eigenvalue weighted by molar-refractivity contribution is -0.156. The van der Waals surface area contributed by atoms with Crippen LogP contribution in [0.1, 0.15) is 5.89 Å². The summed E-state index contributed by atoms with van der Waals surface area (Å²) in [5, 5.41) is 0. The van der Waals surface area contributed by atoms with Gasteiger partial charge in [-0.1, -0.05) is 0 Å². The fraction of sp³-hybridized carbons (Fsp3) is 0.182. The van der Waals surface area contributed by atoms with Crippen molar-refractivity contribution in [3.63, 3.8) is 0 Å². The molecule has 8 heteroatoms. The number of halogens is 3. The van der Waals surface area contributed by atoms with Gasteiger partial charge in [-0.2, -0.15) is 13.2 Å². The third-order valence-corrected chi connectivity index (χ3v) is 3.44. The Morgan fingerprint density at radius 2 is 1.74 bits per heavy atom. The van der Waals surface area contributed by atoms with E-state index in [4.69, 9.17) is 0 Å². The molecule has 0 bridgehead atoms. The second kappa shape index (κ2) is 4.37. The number of benzene rings is 1. The van der Waals surface area contributed by atoms with Gasteiger partial charge in [-0.25, -0.2) is 13.4 Å². The first kappa shape index (κ1) is 13.6. The Kier molecular flexibility index (Phi) is 3.13. The normalized spacial score (nSPS) is 12.6. The van der Waals surface area contributed by atoms with Gasteiger partial charge in [0.25, 0.3) is 0 Å². The van der Waals surface area contributed by atoms with Crippen molar-refractivity contribution < 1.29 is 26.0 Å². The van der Waals surface area contributed by atoms with Gasteiger partial charge in [0.15, 0.2) is 15.6 Å². The fourth-order valence-electron chi connectivity index (χ4n) is 1.41. The average Bonchev–Trinajstić information content (AvgIpc) is 2.77. The number of rotatable bonds is 2. The highest BCUT2D eigenvalue weighted by atomic mass is 32.2. The summed E-state index contributed by atoms with van der Waals surface area (Å²) in [6.45, 7) is 0. The van der Waals surface area contributed by atoms with Crippen LogP contribution >= 0.6 is 0 Å². The third-order valence-electron chi connectivity index (χ3n) is 2.32. The molecule has 0 radical (unpaired) electrons. The van der Waals surface area contributed by atoms with E-state index in [9.17, 15) is 21.6 Å². The zero-order valence-electron chi connectivity index (χ0n) is 9.60. The molecule has 1 aromatic carbocycles. The summed E-state index contributed by atoms with van der Waals surface area (Å²) in [5.74, 6) is -1.41. The molecule has 2 aromatic rings. The average molecular weight is 291 g/mol. The monoisotopic (exact) mass is 291 g/mol. The van der Waals surface area contributed by atoms with Gasteiger partial charge in [-0.15, -0.1) is 0 Å². The Balaban J connectivity index is 2.36. The van der Waals surface area contributed by atoms with Gasteiger partial charge >= 0.3 is 12.1 Å². The zero-order valence-corrected chi connectivity index (χ0v) is 10.4. The van der Waals surface area contributed by atoms with Crippen molar-refractivity contribution in [2.24, 2.45) is 0 Å². The molecule has 0 saturated heterocycles. The Bertz CT molecular complexity index is 687. The molecule has 0 spiro atoms. The van der Waals surface area contributed by atoms with E-state index in [0.29, 0.717) is 5.56 Å². The number of alkyl halides is 3. The molecule has 0 N–H and O–H groups in total. The molecule has 0 unspecified atom stereocenters.